The van der Waals surface area contributed by atoms with Gasteiger partial charge in [-0.05, 0) is 31.4 Å². The number of halogens is 1. The molecular formula is C18H25FN8. The number of pyridine rings is 1. The second kappa shape index (κ2) is 7.89. The largest absolute Gasteiger partial charge is 0.352 e. The van der Waals surface area contributed by atoms with E-state index in [1.807, 2.05) is 4.90 Å². The molecule has 0 amide bonds. The maximum absolute atomic E-state index is 13.9. The smallest absolute Gasteiger partial charge is 0.191 e. The highest BCUT2D eigenvalue weighted by Crippen LogP contribution is 2.20. The number of aryl methyl sites for hydroxylation is 1. The van der Waals surface area contributed by atoms with Crippen LogP contribution in [0.1, 0.15) is 30.9 Å². The molecule has 0 radical (unpaired) electrons. The summed E-state index contributed by atoms with van der Waals surface area (Å²) in [6.07, 6.45) is 5.88. The van der Waals surface area contributed by atoms with Gasteiger partial charge in [0.1, 0.15) is 5.82 Å². The zero-order valence-electron chi connectivity index (χ0n) is 15.5. The molecule has 8 nitrogen and oxygen atoms in total. The fraction of sp³-hybridized carbons (Fsp3) is 0.556. The Morgan fingerprint density at radius 1 is 1.33 bits per heavy atom. The van der Waals surface area contributed by atoms with Crippen molar-refractivity contribution < 1.29 is 4.39 Å². The minimum atomic E-state index is -0.280. The monoisotopic (exact) mass is 372 g/mol. The van der Waals surface area contributed by atoms with Gasteiger partial charge >= 0.3 is 0 Å². The molecule has 0 spiro atoms. The molecule has 4 rings (SSSR count). The van der Waals surface area contributed by atoms with Crippen molar-refractivity contribution in [1.82, 2.24) is 30.4 Å². The van der Waals surface area contributed by atoms with Gasteiger partial charge in [-0.15, -0.1) is 10.2 Å². The number of aliphatic imine (C=N–C) groups is 1. The minimum Gasteiger partial charge on any atom is -0.352 e. The summed E-state index contributed by atoms with van der Waals surface area (Å²) in [6.45, 7) is 3.02. The van der Waals surface area contributed by atoms with E-state index in [9.17, 15) is 4.39 Å². The number of rotatable bonds is 4. The van der Waals surface area contributed by atoms with E-state index in [0.717, 1.165) is 43.5 Å². The molecule has 27 heavy (non-hydrogen) atoms. The molecule has 2 N–H and O–H groups in total. The lowest BCUT2D eigenvalue weighted by atomic mass is 10.2. The Morgan fingerprint density at radius 2 is 2.26 bits per heavy atom. The molecule has 2 aromatic heterocycles. The molecule has 4 heterocycles. The quantitative estimate of drug-likeness (QED) is 0.618. The van der Waals surface area contributed by atoms with E-state index in [-0.39, 0.29) is 11.9 Å². The first-order valence-electron chi connectivity index (χ1n) is 9.48. The lowest BCUT2D eigenvalue weighted by Gasteiger charge is -2.20. The number of hydrogen-bond acceptors (Lipinski definition) is 5. The molecule has 144 valence electrons. The Hall–Kier alpha value is -2.71. The Kier molecular flexibility index (Phi) is 5.17. The third-order valence-electron chi connectivity index (χ3n) is 5.14. The highest BCUT2D eigenvalue weighted by molar-refractivity contribution is 5.80. The molecule has 2 aromatic rings. The van der Waals surface area contributed by atoms with E-state index < -0.39 is 0 Å². The highest BCUT2D eigenvalue weighted by atomic mass is 19.1. The summed E-state index contributed by atoms with van der Waals surface area (Å²) < 4.78 is 16.1. The number of guanidine groups is 1. The summed E-state index contributed by atoms with van der Waals surface area (Å²) in [5.74, 6) is 2.87. The topological polar surface area (TPSA) is 83.3 Å². The summed E-state index contributed by atoms with van der Waals surface area (Å²) in [5.41, 5.74) is 0. The van der Waals surface area contributed by atoms with Crippen molar-refractivity contribution in [3.63, 3.8) is 0 Å². The second-order valence-corrected chi connectivity index (χ2v) is 6.95. The van der Waals surface area contributed by atoms with Gasteiger partial charge < -0.3 is 20.1 Å². The average Bonchev–Trinajstić information content (AvgIpc) is 3.32. The van der Waals surface area contributed by atoms with Gasteiger partial charge in [-0.1, -0.05) is 0 Å². The van der Waals surface area contributed by atoms with Crippen molar-refractivity contribution in [1.29, 1.82) is 0 Å². The molecule has 0 aromatic carbocycles. The van der Waals surface area contributed by atoms with E-state index in [2.05, 4.69) is 35.4 Å². The molecule has 9 heteroatoms. The first-order valence-corrected chi connectivity index (χ1v) is 9.48. The standard InChI is InChI=1S/C18H25FN8/c1-20-18(22-11-16-25-24-15-6-2-3-9-27(15)16)23-13-7-10-26(12-13)17-14(19)5-4-8-21-17/h4-5,8,13H,2-3,6-7,9-12H2,1H3,(H2,20,22,23). The number of hydrogen-bond donors (Lipinski definition) is 2. The predicted molar refractivity (Wildman–Crippen MR) is 101 cm³/mol. The fourth-order valence-corrected chi connectivity index (χ4v) is 3.73. The zero-order valence-corrected chi connectivity index (χ0v) is 15.5. The number of nitrogens with one attached hydrogen (secondary N) is 2. The van der Waals surface area contributed by atoms with Crippen LogP contribution in [0.3, 0.4) is 0 Å². The van der Waals surface area contributed by atoms with Crippen molar-refractivity contribution in [2.24, 2.45) is 4.99 Å². The summed E-state index contributed by atoms with van der Waals surface area (Å²) in [5, 5.41) is 15.3. The van der Waals surface area contributed by atoms with Crippen LogP contribution < -0.4 is 15.5 Å². The fourth-order valence-electron chi connectivity index (χ4n) is 3.73. The van der Waals surface area contributed by atoms with Gasteiger partial charge in [-0.2, -0.15) is 0 Å². The van der Waals surface area contributed by atoms with Crippen molar-refractivity contribution in [3.8, 4) is 0 Å². The lowest BCUT2D eigenvalue weighted by molar-refractivity contribution is 0.504. The first kappa shape index (κ1) is 17.7. The minimum absolute atomic E-state index is 0.185. The molecular weight excluding hydrogens is 347 g/mol. The van der Waals surface area contributed by atoms with Crippen LogP contribution in [-0.4, -0.2) is 51.9 Å². The van der Waals surface area contributed by atoms with Gasteiger partial charge in [0.05, 0.1) is 6.54 Å². The van der Waals surface area contributed by atoms with E-state index in [1.54, 1.807) is 19.3 Å². The van der Waals surface area contributed by atoms with Crippen LogP contribution in [0.15, 0.2) is 23.3 Å². The Labute approximate surface area is 157 Å². The van der Waals surface area contributed by atoms with Crippen LogP contribution in [0.5, 0.6) is 0 Å². The Morgan fingerprint density at radius 3 is 3.11 bits per heavy atom. The molecule has 0 bridgehead atoms. The molecule has 2 aliphatic rings. The van der Waals surface area contributed by atoms with Gasteiger partial charge in [-0.25, -0.2) is 9.37 Å². The Balaban J connectivity index is 1.32. The van der Waals surface area contributed by atoms with Crippen LogP contribution in [0, 0.1) is 5.82 Å². The molecule has 1 saturated heterocycles. The third kappa shape index (κ3) is 3.86. The number of fused-ring (bicyclic) bond motifs is 1. The number of nitrogens with zero attached hydrogens (tertiary/aromatic N) is 6. The van der Waals surface area contributed by atoms with Gasteiger partial charge in [0.15, 0.2) is 23.4 Å². The van der Waals surface area contributed by atoms with Crippen molar-refractivity contribution in [2.75, 3.05) is 25.0 Å². The van der Waals surface area contributed by atoms with Crippen molar-refractivity contribution in [2.45, 2.75) is 44.8 Å². The van der Waals surface area contributed by atoms with E-state index >= 15 is 0 Å². The molecule has 0 aliphatic carbocycles. The lowest BCUT2D eigenvalue weighted by Crippen LogP contribution is -2.44. The highest BCUT2D eigenvalue weighted by Gasteiger charge is 2.26. The van der Waals surface area contributed by atoms with Crippen LogP contribution in [0.25, 0.3) is 0 Å². The van der Waals surface area contributed by atoms with Gasteiger partial charge in [0.2, 0.25) is 0 Å². The summed E-state index contributed by atoms with van der Waals surface area (Å²) in [4.78, 5) is 10.4. The summed E-state index contributed by atoms with van der Waals surface area (Å²) >= 11 is 0. The van der Waals surface area contributed by atoms with Crippen molar-refractivity contribution >= 4 is 11.8 Å². The SMILES string of the molecule is CN=C(NCc1nnc2n1CCCC2)NC1CCN(c2ncccc2F)C1. The summed E-state index contributed by atoms with van der Waals surface area (Å²) in [6, 6.07) is 3.24. The van der Waals surface area contributed by atoms with Crippen LogP contribution in [0.4, 0.5) is 10.2 Å². The maximum atomic E-state index is 13.9. The maximum Gasteiger partial charge on any atom is 0.191 e. The third-order valence-corrected chi connectivity index (χ3v) is 5.14. The van der Waals surface area contributed by atoms with Gasteiger partial charge in [0.25, 0.3) is 0 Å². The normalized spacial score (nSPS) is 19.9. The van der Waals surface area contributed by atoms with E-state index in [4.69, 9.17) is 0 Å². The number of anilines is 1. The van der Waals surface area contributed by atoms with Crippen LogP contribution in [0.2, 0.25) is 0 Å². The van der Waals surface area contributed by atoms with Gasteiger partial charge in [-0.3, -0.25) is 4.99 Å². The van der Waals surface area contributed by atoms with Gasteiger partial charge in [0, 0.05) is 45.3 Å². The van der Waals surface area contributed by atoms with Crippen LogP contribution >= 0.6 is 0 Å². The predicted octanol–water partition coefficient (Wildman–Crippen LogP) is 1.09. The average molecular weight is 372 g/mol. The molecule has 1 unspecified atom stereocenters. The van der Waals surface area contributed by atoms with E-state index in [1.165, 1.54) is 18.9 Å². The second-order valence-electron chi connectivity index (χ2n) is 6.95. The molecule has 1 atom stereocenters. The van der Waals surface area contributed by atoms with E-state index in [0.29, 0.717) is 18.9 Å². The summed E-state index contributed by atoms with van der Waals surface area (Å²) in [7, 11) is 1.75. The molecule has 2 aliphatic heterocycles. The molecule has 0 saturated carbocycles. The zero-order chi connectivity index (χ0) is 18.6. The number of aromatic nitrogens is 4. The Bertz CT molecular complexity index is 817. The first-order chi connectivity index (χ1) is 13.2. The van der Waals surface area contributed by atoms with Crippen LogP contribution in [-0.2, 0) is 19.5 Å². The van der Waals surface area contributed by atoms with Crippen molar-refractivity contribution in [3.05, 3.63) is 35.8 Å². The molecule has 1 fully saturated rings.